The fraction of sp³-hybridized carbons (Fsp3) is 0.667. The van der Waals surface area contributed by atoms with Crippen LogP contribution < -0.4 is 11.2 Å². The second-order valence-corrected chi connectivity index (χ2v) is 5.93. The molecule has 0 spiro atoms. The molecule has 0 unspecified atom stereocenters. The average Bonchev–Trinajstić information content (AvgIpc) is 2.91. The van der Waals surface area contributed by atoms with Gasteiger partial charge in [-0.2, -0.15) is 0 Å². The van der Waals surface area contributed by atoms with E-state index in [2.05, 4.69) is 15.0 Å². The Kier molecular flexibility index (Phi) is 3.94. The quantitative estimate of drug-likeness (QED) is 0.902. The van der Waals surface area contributed by atoms with Crippen LogP contribution in [0, 0.1) is 5.92 Å². The summed E-state index contributed by atoms with van der Waals surface area (Å²) in [7, 11) is 0. The molecule has 0 atom stereocenters. The van der Waals surface area contributed by atoms with Crippen LogP contribution in [0.2, 0.25) is 0 Å². The summed E-state index contributed by atoms with van der Waals surface area (Å²) in [5.41, 5.74) is 0.122. The lowest BCUT2D eigenvalue weighted by Gasteiger charge is -2.20. The lowest BCUT2D eigenvalue weighted by atomic mass is 9.86. The molecular formula is C15H22N4O2. The van der Waals surface area contributed by atoms with Gasteiger partial charge in [0.05, 0.1) is 0 Å². The maximum absolute atomic E-state index is 11.8. The van der Waals surface area contributed by atoms with E-state index in [0.29, 0.717) is 17.7 Å². The third-order valence-electron chi connectivity index (χ3n) is 4.51. The molecule has 1 aliphatic rings. The van der Waals surface area contributed by atoms with Crippen molar-refractivity contribution in [1.29, 1.82) is 0 Å². The van der Waals surface area contributed by atoms with Gasteiger partial charge in [0, 0.05) is 13.0 Å². The third kappa shape index (κ3) is 2.80. The Labute approximate surface area is 122 Å². The highest BCUT2D eigenvalue weighted by Crippen LogP contribution is 2.27. The van der Waals surface area contributed by atoms with Crippen LogP contribution in [0.3, 0.4) is 0 Å². The fourth-order valence-electron chi connectivity index (χ4n) is 3.32. The molecule has 6 nitrogen and oxygen atoms in total. The molecule has 2 N–H and O–H groups in total. The molecule has 2 heterocycles. The summed E-state index contributed by atoms with van der Waals surface area (Å²) in [5.74, 6) is 1.59. The van der Waals surface area contributed by atoms with Crippen molar-refractivity contribution in [1.82, 2.24) is 19.5 Å². The molecule has 0 radical (unpaired) electrons. The van der Waals surface area contributed by atoms with E-state index in [0.717, 1.165) is 24.6 Å². The lowest BCUT2D eigenvalue weighted by molar-refractivity contribution is 0.337. The Morgan fingerprint density at radius 3 is 2.67 bits per heavy atom. The van der Waals surface area contributed by atoms with Crippen LogP contribution in [0.15, 0.2) is 9.59 Å². The molecule has 1 aliphatic carbocycles. The van der Waals surface area contributed by atoms with Crippen molar-refractivity contribution in [3.63, 3.8) is 0 Å². The van der Waals surface area contributed by atoms with E-state index in [4.69, 9.17) is 0 Å². The first kappa shape index (κ1) is 14.1. The number of aromatic nitrogens is 4. The van der Waals surface area contributed by atoms with Crippen LogP contribution in [-0.2, 0) is 13.0 Å². The van der Waals surface area contributed by atoms with Gasteiger partial charge in [-0.15, -0.1) is 0 Å². The topological polar surface area (TPSA) is 83.5 Å². The number of nitrogens with one attached hydrogen (secondary N) is 2. The lowest BCUT2D eigenvalue weighted by Crippen LogP contribution is -2.29. The van der Waals surface area contributed by atoms with Crippen molar-refractivity contribution in [2.45, 2.75) is 58.4 Å². The first-order valence-corrected chi connectivity index (χ1v) is 7.90. The highest BCUT2D eigenvalue weighted by molar-refractivity contribution is 5.69. The first-order valence-electron chi connectivity index (χ1n) is 7.90. The first-order chi connectivity index (χ1) is 10.2. The van der Waals surface area contributed by atoms with E-state index >= 15 is 0 Å². The molecule has 0 saturated heterocycles. The van der Waals surface area contributed by atoms with Crippen LogP contribution in [-0.4, -0.2) is 19.5 Å². The summed E-state index contributed by atoms with van der Waals surface area (Å²) < 4.78 is 1.50. The summed E-state index contributed by atoms with van der Waals surface area (Å²) in [6.45, 7) is 2.37. The van der Waals surface area contributed by atoms with Gasteiger partial charge in [-0.05, 0) is 19.3 Å². The van der Waals surface area contributed by atoms with Crippen molar-refractivity contribution >= 4 is 11.2 Å². The fourth-order valence-corrected chi connectivity index (χ4v) is 3.32. The average molecular weight is 290 g/mol. The number of fused-ring (bicyclic) bond motifs is 1. The zero-order valence-corrected chi connectivity index (χ0v) is 12.4. The molecular weight excluding hydrogens is 268 g/mol. The van der Waals surface area contributed by atoms with Gasteiger partial charge < -0.3 is 4.98 Å². The van der Waals surface area contributed by atoms with E-state index in [1.54, 1.807) is 0 Å². The van der Waals surface area contributed by atoms with Gasteiger partial charge in [0.15, 0.2) is 5.65 Å². The standard InChI is InChI=1S/C15H22N4O2/c1-2-19-13-12(14(20)18-15(19)21)16-11(17-13)9-8-10-6-4-3-5-7-10/h10H,2-9H2,1H3,(H,16,17)(H,18,20,21). The predicted octanol–water partition coefficient (Wildman–Crippen LogP) is 1.95. The molecule has 0 aromatic carbocycles. The number of imidazole rings is 1. The molecule has 2 aromatic heterocycles. The molecule has 6 heteroatoms. The zero-order chi connectivity index (χ0) is 14.8. The van der Waals surface area contributed by atoms with Crippen LogP contribution in [0.1, 0.15) is 51.3 Å². The molecule has 0 amide bonds. The van der Waals surface area contributed by atoms with Crippen LogP contribution >= 0.6 is 0 Å². The van der Waals surface area contributed by atoms with Gasteiger partial charge in [-0.1, -0.05) is 32.1 Å². The summed E-state index contributed by atoms with van der Waals surface area (Å²) >= 11 is 0. The van der Waals surface area contributed by atoms with E-state index in [-0.39, 0.29) is 11.2 Å². The summed E-state index contributed by atoms with van der Waals surface area (Å²) in [5, 5.41) is 0. The normalized spacial score (nSPS) is 16.6. The summed E-state index contributed by atoms with van der Waals surface area (Å²) in [6.07, 6.45) is 8.59. The smallest absolute Gasteiger partial charge is 0.330 e. The van der Waals surface area contributed by atoms with E-state index in [9.17, 15) is 9.59 Å². The summed E-state index contributed by atoms with van der Waals surface area (Å²) in [4.78, 5) is 33.5. The Morgan fingerprint density at radius 1 is 1.19 bits per heavy atom. The monoisotopic (exact) mass is 290 g/mol. The maximum atomic E-state index is 11.8. The summed E-state index contributed by atoms with van der Waals surface area (Å²) in [6, 6.07) is 0. The number of hydrogen-bond donors (Lipinski definition) is 2. The Balaban J connectivity index is 1.85. The van der Waals surface area contributed by atoms with Crippen molar-refractivity contribution < 1.29 is 0 Å². The third-order valence-corrected chi connectivity index (χ3v) is 4.51. The molecule has 0 aliphatic heterocycles. The minimum absolute atomic E-state index is 0.379. The SMILES string of the molecule is CCn1c(=O)[nH]c(=O)c2[nH]c(CCC3CCCCC3)nc21. The van der Waals surface area contributed by atoms with Crippen LogP contribution in [0.4, 0.5) is 0 Å². The van der Waals surface area contributed by atoms with Crippen LogP contribution in [0.25, 0.3) is 11.2 Å². The van der Waals surface area contributed by atoms with Crippen molar-refractivity contribution in [2.24, 2.45) is 5.92 Å². The van der Waals surface area contributed by atoms with Crippen molar-refractivity contribution in [3.8, 4) is 0 Å². The number of aryl methyl sites for hydroxylation is 2. The van der Waals surface area contributed by atoms with Gasteiger partial charge >= 0.3 is 5.69 Å². The van der Waals surface area contributed by atoms with Crippen LogP contribution in [0.5, 0.6) is 0 Å². The van der Waals surface area contributed by atoms with E-state index < -0.39 is 0 Å². The van der Waals surface area contributed by atoms with E-state index in [1.807, 2.05) is 6.92 Å². The van der Waals surface area contributed by atoms with Gasteiger partial charge in [0.25, 0.3) is 5.56 Å². The number of H-pyrrole nitrogens is 2. The van der Waals surface area contributed by atoms with Gasteiger partial charge in [-0.3, -0.25) is 14.3 Å². The number of nitrogens with zero attached hydrogens (tertiary/aromatic N) is 2. The van der Waals surface area contributed by atoms with Crippen molar-refractivity contribution in [2.75, 3.05) is 0 Å². The second-order valence-electron chi connectivity index (χ2n) is 5.93. The highest BCUT2D eigenvalue weighted by Gasteiger charge is 2.16. The molecule has 0 bridgehead atoms. The highest BCUT2D eigenvalue weighted by atomic mass is 16.2. The Bertz CT molecular complexity index is 734. The van der Waals surface area contributed by atoms with Gasteiger partial charge in [0.2, 0.25) is 0 Å². The number of hydrogen-bond acceptors (Lipinski definition) is 3. The zero-order valence-electron chi connectivity index (χ0n) is 12.4. The molecule has 2 aromatic rings. The Morgan fingerprint density at radius 2 is 1.95 bits per heavy atom. The van der Waals surface area contributed by atoms with E-state index in [1.165, 1.54) is 36.7 Å². The van der Waals surface area contributed by atoms with Gasteiger partial charge in [0.1, 0.15) is 11.3 Å². The number of aromatic amines is 2. The van der Waals surface area contributed by atoms with Crippen molar-refractivity contribution in [3.05, 3.63) is 26.7 Å². The van der Waals surface area contributed by atoms with Gasteiger partial charge in [-0.25, -0.2) is 9.78 Å². The Hall–Kier alpha value is -1.85. The maximum Gasteiger partial charge on any atom is 0.330 e. The molecule has 114 valence electrons. The largest absolute Gasteiger partial charge is 0.336 e. The molecule has 1 fully saturated rings. The second kappa shape index (κ2) is 5.87. The predicted molar refractivity (Wildman–Crippen MR) is 81.5 cm³/mol. The minimum Gasteiger partial charge on any atom is -0.336 e. The molecule has 21 heavy (non-hydrogen) atoms. The molecule has 3 rings (SSSR count). The number of rotatable bonds is 4. The minimum atomic E-state index is -0.389. The molecule has 1 saturated carbocycles.